The third-order valence-corrected chi connectivity index (χ3v) is 2.92. The number of benzene rings is 2. The van der Waals surface area contributed by atoms with Gasteiger partial charge in [0.1, 0.15) is 11.5 Å². The summed E-state index contributed by atoms with van der Waals surface area (Å²) >= 11 is 0. The normalized spacial score (nSPS) is 11.5. The minimum atomic E-state index is -4.67. The summed E-state index contributed by atoms with van der Waals surface area (Å²) in [5.41, 5.74) is 1.36. The first kappa shape index (κ1) is 15.1. The van der Waals surface area contributed by atoms with Crippen LogP contribution in [0.25, 0.3) is 11.4 Å². The van der Waals surface area contributed by atoms with Gasteiger partial charge >= 0.3 is 12.1 Å². The van der Waals surface area contributed by atoms with Crippen LogP contribution in [0.2, 0.25) is 0 Å². The summed E-state index contributed by atoms with van der Waals surface area (Å²) in [6.45, 7) is 1.92. The molecule has 7 heteroatoms. The Labute approximate surface area is 129 Å². The van der Waals surface area contributed by atoms with Gasteiger partial charge in [0.05, 0.1) is 0 Å². The molecule has 0 aliphatic rings. The minimum absolute atomic E-state index is 0.166. The molecule has 2 aromatic carbocycles. The summed E-state index contributed by atoms with van der Waals surface area (Å²) in [5.74, 6) is -0.615. The zero-order chi connectivity index (χ0) is 16.4. The van der Waals surface area contributed by atoms with E-state index in [1.165, 1.54) is 18.2 Å². The van der Waals surface area contributed by atoms with Crippen LogP contribution < -0.4 is 4.74 Å². The fourth-order valence-electron chi connectivity index (χ4n) is 1.90. The molecule has 1 radical (unpaired) electrons. The van der Waals surface area contributed by atoms with Gasteiger partial charge in [-0.05, 0) is 36.8 Å². The number of ether oxygens (including phenoxy) is 1. The highest BCUT2D eigenvalue weighted by molar-refractivity contribution is 5.57. The summed E-state index contributed by atoms with van der Waals surface area (Å²) in [5, 5.41) is 3.34. The standard InChI is InChI=1S/C16H10F3N2O2/c1-10-4-2-6-12(8-10)22-13-7-3-5-11(9-13)14-20-15(23-21-14)16(17,18)19/h2-6,8-9H,1H3. The maximum Gasteiger partial charge on any atom is 0.471 e. The maximum absolute atomic E-state index is 12.5. The van der Waals surface area contributed by atoms with E-state index in [0.717, 1.165) is 5.56 Å². The lowest BCUT2D eigenvalue weighted by molar-refractivity contribution is -0.159. The third kappa shape index (κ3) is 3.50. The van der Waals surface area contributed by atoms with Crippen molar-refractivity contribution in [3.8, 4) is 22.9 Å². The van der Waals surface area contributed by atoms with Crippen molar-refractivity contribution in [1.82, 2.24) is 10.1 Å². The number of alkyl halides is 3. The molecule has 0 saturated heterocycles. The van der Waals surface area contributed by atoms with Crippen LogP contribution in [0, 0.1) is 13.0 Å². The van der Waals surface area contributed by atoms with Crippen LogP contribution in [0.5, 0.6) is 11.5 Å². The molecule has 0 amide bonds. The Morgan fingerprint density at radius 3 is 2.70 bits per heavy atom. The molecule has 0 unspecified atom stereocenters. The van der Waals surface area contributed by atoms with Crippen LogP contribution in [0.4, 0.5) is 13.2 Å². The van der Waals surface area contributed by atoms with E-state index in [9.17, 15) is 13.2 Å². The first-order valence-electron chi connectivity index (χ1n) is 6.59. The summed E-state index contributed by atoms with van der Waals surface area (Å²) < 4.78 is 47.3. The predicted octanol–water partition coefficient (Wildman–Crippen LogP) is 4.66. The highest BCUT2D eigenvalue weighted by Crippen LogP contribution is 2.30. The first-order chi connectivity index (χ1) is 10.9. The molecule has 3 aromatic rings. The van der Waals surface area contributed by atoms with Gasteiger partial charge in [0.15, 0.2) is 0 Å². The molecule has 0 bridgehead atoms. The summed E-state index contributed by atoms with van der Waals surface area (Å²) in [7, 11) is 0. The van der Waals surface area contributed by atoms with Crippen molar-refractivity contribution >= 4 is 0 Å². The zero-order valence-electron chi connectivity index (χ0n) is 11.9. The Morgan fingerprint density at radius 1 is 1.17 bits per heavy atom. The lowest BCUT2D eigenvalue weighted by atomic mass is 10.2. The van der Waals surface area contributed by atoms with Crippen LogP contribution in [-0.2, 0) is 6.18 Å². The number of aryl methyl sites for hydroxylation is 1. The second-order valence-corrected chi connectivity index (χ2v) is 4.78. The molecule has 117 valence electrons. The largest absolute Gasteiger partial charge is 0.471 e. The quantitative estimate of drug-likeness (QED) is 0.704. The van der Waals surface area contributed by atoms with Crippen molar-refractivity contribution in [2.24, 2.45) is 0 Å². The van der Waals surface area contributed by atoms with E-state index >= 15 is 0 Å². The van der Waals surface area contributed by atoms with E-state index in [1.807, 2.05) is 25.1 Å². The summed E-state index contributed by atoms with van der Waals surface area (Å²) in [4.78, 5) is 3.34. The van der Waals surface area contributed by atoms with Crippen LogP contribution in [0.3, 0.4) is 0 Å². The Hall–Kier alpha value is -2.83. The number of rotatable bonds is 3. The van der Waals surface area contributed by atoms with Gasteiger partial charge in [0.25, 0.3) is 0 Å². The van der Waals surface area contributed by atoms with Gasteiger partial charge in [-0.15, -0.1) is 0 Å². The van der Waals surface area contributed by atoms with Gasteiger partial charge in [-0.2, -0.15) is 18.2 Å². The number of halogens is 3. The molecule has 0 aliphatic heterocycles. The van der Waals surface area contributed by atoms with Crippen LogP contribution >= 0.6 is 0 Å². The molecular weight excluding hydrogens is 309 g/mol. The highest BCUT2D eigenvalue weighted by atomic mass is 19.4. The van der Waals surface area contributed by atoms with E-state index in [1.54, 1.807) is 6.07 Å². The molecule has 4 nitrogen and oxygen atoms in total. The van der Waals surface area contributed by atoms with Gasteiger partial charge in [-0.1, -0.05) is 23.4 Å². The van der Waals surface area contributed by atoms with Crippen molar-refractivity contribution in [1.29, 1.82) is 0 Å². The monoisotopic (exact) mass is 319 g/mol. The Kier molecular flexibility index (Phi) is 3.77. The van der Waals surface area contributed by atoms with Crippen molar-refractivity contribution < 1.29 is 22.4 Å². The molecule has 0 saturated carbocycles. The van der Waals surface area contributed by atoms with Gasteiger partial charge in [-0.3, -0.25) is 0 Å². The maximum atomic E-state index is 12.5. The fourth-order valence-corrected chi connectivity index (χ4v) is 1.90. The van der Waals surface area contributed by atoms with Gasteiger partial charge < -0.3 is 9.26 Å². The van der Waals surface area contributed by atoms with Crippen molar-refractivity contribution in [3.63, 3.8) is 0 Å². The third-order valence-electron chi connectivity index (χ3n) is 2.92. The lowest BCUT2D eigenvalue weighted by Crippen LogP contribution is -2.04. The van der Waals surface area contributed by atoms with E-state index in [4.69, 9.17) is 4.74 Å². The zero-order valence-corrected chi connectivity index (χ0v) is 11.9. The second-order valence-electron chi connectivity index (χ2n) is 4.78. The van der Waals surface area contributed by atoms with Gasteiger partial charge in [0.2, 0.25) is 5.82 Å². The highest BCUT2D eigenvalue weighted by Gasteiger charge is 2.38. The van der Waals surface area contributed by atoms with E-state index in [-0.39, 0.29) is 5.82 Å². The van der Waals surface area contributed by atoms with Gasteiger partial charge in [0, 0.05) is 11.6 Å². The van der Waals surface area contributed by atoms with Crippen molar-refractivity contribution in [2.45, 2.75) is 13.1 Å². The SMILES string of the molecule is Cc1cccc(Oc2[c]ccc(-c3noc(C(F)(F)F)n3)c2)c1. The number of nitrogens with zero attached hydrogens (tertiary/aromatic N) is 2. The lowest BCUT2D eigenvalue weighted by Gasteiger charge is -2.06. The second kappa shape index (κ2) is 5.75. The van der Waals surface area contributed by atoms with Crippen molar-refractivity contribution in [2.75, 3.05) is 0 Å². The van der Waals surface area contributed by atoms with E-state index < -0.39 is 12.1 Å². The number of hydrogen-bond donors (Lipinski definition) is 0. The molecule has 3 rings (SSSR count). The Balaban J connectivity index is 1.86. The average Bonchev–Trinajstić information content (AvgIpc) is 2.97. The Bertz CT molecular complexity index is 828. The summed E-state index contributed by atoms with van der Waals surface area (Å²) in [6.07, 6.45) is -4.67. The molecule has 23 heavy (non-hydrogen) atoms. The smallest absolute Gasteiger partial charge is 0.457 e. The molecule has 0 N–H and O–H groups in total. The molecule has 1 heterocycles. The summed E-state index contributed by atoms with van der Waals surface area (Å²) in [6, 6.07) is 14.7. The Morgan fingerprint density at radius 2 is 2.00 bits per heavy atom. The molecule has 0 spiro atoms. The number of aromatic nitrogens is 2. The van der Waals surface area contributed by atoms with E-state index in [0.29, 0.717) is 17.1 Å². The first-order valence-corrected chi connectivity index (χ1v) is 6.59. The molecule has 0 aliphatic carbocycles. The van der Waals surface area contributed by atoms with Crippen LogP contribution in [0.1, 0.15) is 11.5 Å². The van der Waals surface area contributed by atoms with Crippen LogP contribution in [0.15, 0.2) is 47.0 Å². The van der Waals surface area contributed by atoms with E-state index in [2.05, 4.69) is 20.7 Å². The number of hydrogen-bond acceptors (Lipinski definition) is 4. The average molecular weight is 319 g/mol. The van der Waals surface area contributed by atoms with Gasteiger partial charge in [-0.25, -0.2) is 0 Å². The van der Waals surface area contributed by atoms with Crippen LogP contribution in [-0.4, -0.2) is 10.1 Å². The van der Waals surface area contributed by atoms with Crippen molar-refractivity contribution in [3.05, 3.63) is 60.0 Å². The topological polar surface area (TPSA) is 48.2 Å². The predicted molar refractivity (Wildman–Crippen MR) is 74.8 cm³/mol. The molecular formula is C16H10F3N2O2. The minimum Gasteiger partial charge on any atom is -0.457 e. The molecule has 0 atom stereocenters. The molecule has 1 aromatic heterocycles. The molecule has 0 fully saturated rings. The fraction of sp³-hybridized carbons (Fsp3) is 0.125.